The first-order valence-corrected chi connectivity index (χ1v) is 9.01. The molecule has 5 nitrogen and oxygen atoms in total. The Kier molecular flexibility index (Phi) is 3.80. The van der Waals surface area contributed by atoms with Crippen LogP contribution in [-0.2, 0) is 14.1 Å². The molecular weight excluding hydrogens is 289 g/mol. The van der Waals surface area contributed by atoms with Crippen molar-refractivity contribution < 1.29 is 18.6 Å². The number of esters is 1. The van der Waals surface area contributed by atoms with Crippen LogP contribution in [0.1, 0.15) is 26.7 Å². The van der Waals surface area contributed by atoms with E-state index in [1.807, 2.05) is 32.0 Å². The fraction of sp³-hybridized carbons (Fsp3) is 0.533. The van der Waals surface area contributed by atoms with Crippen molar-refractivity contribution in [3.8, 4) is 5.75 Å². The summed E-state index contributed by atoms with van der Waals surface area (Å²) in [5.74, 6) is 0.303. The second-order valence-electron chi connectivity index (χ2n) is 5.90. The predicted molar refractivity (Wildman–Crippen MR) is 79.3 cm³/mol. The van der Waals surface area contributed by atoms with Crippen molar-refractivity contribution in [2.24, 2.45) is 5.92 Å². The molecule has 2 unspecified atom stereocenters. The van der Waals surface area contributed by atoms with Crippen molar-refractivity contribution >= 4 is 13.5 Å². The smallest absolute Gasteiger partial charge is 0.324 e. The molecule has 1 aromatic carbocycles. The maximum absolute atomic E-state index is 13.0. The van der Waals surface area contributed by atoms with E-state index >= 15 is 0 Å². The topological polar surface area (TPSA) is 64.6 Å². The van der Waals surface area contributed by atoms with Crippen LogP contribution in [0.25, 0.3) is 0 Å². The molecule has 0 spiro atoms. The van der Waals surface area contributed by atoms with Crippen LogP contribution < -0.4 is 9.61 Å². The second kappa shape index (κ2) is 5.47. The van der Waals surface area contributed by atoms with E-state index in [1.165, 1.54) is 0 Å². The van der Waals surface area contributed by atoms with Crippen LogP contribution in [0.3, 0.4) is 0 Å². The SMILES string of the molecule is CC(C)OC(=O)[C@H]1NP(=O)(Oc2ccccc2)C2CC[C@@H]21. The van der Waals surface area contributed by atoms with Crippen LogP contribution in [0.5, 0.6) is 5.75 Å². The molecule has 1 saturated carbocycles. The average Bonchev–Trinajstić information content (AvgIpc) is 2.55. The summed E-state index contributed by atoms with van der Waals surface area (Å²) in [6.45, 7) is 3.62. The minimum Gasteiger partial charge on any atom is -0.462 e. The van der Waals surface area contributed by atoms with Gasteiger partial charge in [-0.3, -0.25) is 9.36 Å². The average molecular weight is 309 g/mol. The molecule has 114 valence electrons. The summed E-state index contributed by atoms with van der Waals surface area (Å²) in [6.07, 6.45) is 1.54. The molecule has 4 atom stereocenters. The van der Waals surface area contributed by atoms with Crippen LogP contribution in [0, 0.1) is 5.92 Å². The van der Waals surface area contributed by atoms with Crippen LogP contribution in [0.15, 0.2) is 30.3 Å². The van der Waals surface area contributed by atoms with Gasteiger partial charge in [0.15, 0.2) is 0 Å². The quantitative estimate of drug-likeness (QED) is 0.684. The number of benzene rings is 1. The molecule has 2 fully saturated rings. The summed E-state index contributed by atoms with van der Waals surface area (Å²) in [6, 6.07) is 8.57. The Labute approximate surface area is 124 Å². The highest BCUT2D eigenvalue weighted by Crippen LogP contribution is 2.64. The summed E-state index contributed by atoms with van der Waals surface area (Å²) in [4.78, 5) is 12.1. The third kappa shape index (κ3) is 2.72. The minimum absolute atomic E-state index is 0.0609. The highest BCUT2D eigenvalue weighted by Gasteiger charge is 2.60. The first-order chi connectivity index (χ1) is 9.99. The Hall–Kier alpha value is -1.32. The molecule has 1 N–H and O–H groups in total. The molecule has 3 rings (SSSR count). The summed E-state index contributed by atoms with van der Waals surface area (Å²) >= 11 is 0. The van der Waals surface area contributed by atoms with E-state index in [-0.39, 0.29) is 23.7 Å². The maximum atomic E-state index is 13.0. The number of hydrogen-bond acceptors (Lipinski definition) is 4. The first kappa shape index (κ1) is 14.6. The van der Waals surface area contributed by atoms with Gasteiger partial charge in [0.25, 0.3) is 0 Å². The molecule has 6 heteroatoms. The number of rotatable bonds is 4. The standard InChI is InChI=1S/C15H20NO4P/c1-10(2)19-15(17)14-12-8-9-13(12)21(18,16-14)20-11-6-4-3-5-7-11/h3-7,10,12-14H,8-9H2,1-2H3,(H,16,18)/t12-,13?,14-,21?/m0/s1. The molecular formula is C15H20NO4P. The maximum Gasteiger partial charge on any atom is 0.324 e. The zero-order valence-corrected chi connectivity index (χ0v) is 13.1. The zero-order valence-electron chi connectivity index (χ0n) is 12.2. The largest absolute Gasteiger partial charge is 0.462 e. The van der Waals surface area contributed by atoms with Gasteiger partial charge < -0.3 is 9.26 Å². The molecule has 0 bridgehead atoms. The van der Waals surface area contributed by atoms with Gasteiger partial charge in [-0.2, -0.15) is 0 Å². The molecule has 21 heavy (non-hydrogen) atoms. The Morgan fingerprint density at radius 1 is 1.29 bits per heavy atom. The lowest BCUT2D eigenvalue weighted by Gasteiger charge is -2.33. The van der Waals surface area contributed by atoms with E-state index in [1.54, 1.807) is 12.1 Å². The fourth-order valence-corrected chi connectivity index (χ4v) is 5.78. The van der Waals surface area contributed by atoms with E-state index in [4.69, 9.17) is 9.26 Å². The number of carbonyl (C=O) groups is 1. The number of hydrogen-bond donors (Lipinski definition) is 1. The van der Waals surface area contributed by atoms with Crippen molar-refractivity contribution in [1.29, 1.82) is 0 Å². The number of nitrogens with one attached hydrogen (secondary N) is 1. The van der Waals surface area contributed by atoms with Crippen LogP contribution in [0.2, 0.25) is 0 Å². The molecule has 1 aliphatic heterocycles. The third-order valence-corrected chi connectivity index (χ3v) is 6.70. The summed E-state index contributed by atoms with van der Waals surface area (Å²) < 4.78 is 24.0. The number of fused-ring (bicyclic) bond motifs is 1. The van der Waals surface area contributed by atoms with Gasteiger partial charge in [0.05, 0.1) is 11.8 Å². The minimum atomic E-state index is -3.06. The lowest BCUT2D eigenvalue weighted by atomic mass is 9.79. The van der Waals surface area contributed by atoms with Gasteiger partial charge >= 0.3 is 13.5 Å². The lowest BCUT2D eigenvalue weighted by molar-refractivity contribution is -0.151. The van der Waals surface area contributed by atoms with E-state index in [0.717, 1.165) is 12.8 Å². The summed E-state index contributed by atoms with van der Waals surface area (Å²) in [5, 5.41) is 2.94. The summed E-state index contributed by atoms with van der Waals surface area (Å²) in [5.41, 5.74) is -0.0811. The monoisotopic (exact) mass is 309 g/mol. The van der Waals surface area contributed by atoms with E-state index in [9.17, 15) is 9.36 Å². The Morgan fingerprint density at radius 3 is 2.57 bits per heavy atom. The fourth-order valence-electron chi connectivity index (χ4n) is 2.97. The van der Waals surface area contributed by atoms with E-state index < -0.39 is 13.6 Å². The second-order valence-corrected chi connectivity index (χ2v) is 8.20. The highest BCUT2D eigenvalue weighted by molar-refractivity contribution is 7.58. The van der Waals surface area contributed by atoms with Crippen molar-refractivity contribution in [2.45, 2.75) is 44.5 Å². The van der Waals surface area contributed by atoms with Crippen LogP contribution in [0.4, 0.5) is 0 Å². The molecule has 0 radical (unpaired) electrons. The summed E-state index contributed by atoms with van der Waals surface area (Å²) in [7, 11) is -3.06. The molecule has 0 amide bonds. The normalized spacial score (nSPS) is 34.1. The Bertz CT molecular complexity index is 574. The van der Waals surface area contributed by atoms with Gasteiger partial charge in [0, 0.05) is 0 Å². The van der Waals surface area contributed by atoms with Crippen molar-refractivity contribution in [2.75, 3.05) is 0 Å². The van der Waals surface area contributed by atoms with Gasteiger partial charge in [-0.1, -0.05) is 18.2 Å². The molecule has 0 aromatic heterocycles. The molecule has 1 aliphatic carbocycles. The van der Waals surface area contributed by atoms with Crippen molar-refractivity contribution in [3.63, 3.8) is 0 Å². The number of ether oxygens (including phenoxy) is 1. The van der Waals surface area contributed by atoms with E-state index in [2.05, 4.69) is 5.09 Å². The van der Waals surface area contributed by atoms with Gasteiger partial charge in [-0.05, 0) is 44.7 Å². The molecule has 1 heterocycles. The van der Waals surface area contributed by atoms with Gasteiger partial charge in [-0.15, -0.1) is 0 Å². The Morgan fingerprint density at radius 2 is 2.00 bits per heavy atom. The highest BCUT2D eigenvalue weighted by atomic mass is 31.2. The van der Waals surface area contributed by atoms with Gasteiger partial charge in [0.1, 0.15) is 11.8 Å². The third-order valence-electron chi connectivity index (χ3n) is 4.06. The molecule has 2 aliphatic rings. The zero-order chi connectivity index (χ0) is 15.0. The predicted octanol–water partition coefficient (Wildman–Crippen LogP) is 2.96. The van der Waals surface area contributed by atoms with Gasteiger partial charge in [-0.25, -0.2) is 5.09 Å². The Balaban J connectivity index is 1.76. The van der Waals surface area contributed by atoms with E-state index in [0.29, 0.717) is 5.75 Å². The van der Waals surface area contributed by atoms with Crippen LogP contribution in [-0.4, -0.2) is 23.8 Å². The molecule has 1 aromatic rings. The molecule has 1 saturated heterocycles. The van der Waals surface area contributed by atoms with Crippen molar-refractivity contribution in [1.82, 2.24) is 5.09 Å². The number of carbonyl (C=O) groups excluding carboxylic acids is 1. The van der Waals surface area contributed by atoms with Gasteiger partial charge in [0.2, 0.25) is 0 Å². The lowest BCUT2D eigenvalue weighted by Crippen LogP contribution is -2.42. The van der Waals surface area contributed by atoms with Crippen molar-refractivity contribution in [3.05, 3.63) is 30.3 Å². The first-order valence-electron chi connectivity index (χ1n) is 7.32. The number of para-hydroxylation sites is 1. The van der Waals surface area contributed by atoms with Crippen LogP contribution >= 0.6 is 7.52 Å².